The first-order valence-corrected chi connectivity index (χ1v) is 7.71. The number of rotatable bonds is 9. The maximum Gasteiger partial charge on any atom is 0.314 e. The number of nitro groups is 2. The Morgan fingerprint density at radius 2 is 1.96 bits per heavy atom. The van der Waals surface area contributed by atoms with Gasteiger partial charge in [0, 0.05) is 11.8 Å². The molecule has 0 radical (unpaired) electrons. The number of hydrogen-bond acceptors (Lipinski definition) is 8. The highest BCUT2D eigenvalue weighted by molar-refractivity contribution is 6.01. The molecule has 1 atom stereocenters. The molecule has 25 heavy (non-hydrogen) atoms. The van der Waals surface area contributed by atoms with E-state index >= 15 is 0 Å². The van der Waals surface area contributed by atoms with E-state index in [1.807, 2.05) is 6.92 Å². The molecule has 10 heteroatoms. The predicted octanol–water partition coefficient (Wildman–Crippen LogP) is 3.27. The molecule has 0 heterocycles. The molecule has 10 nitrogen and oxygen atoms in total. The van der Waals surface area contributed by atoms with Gasteiger partial charge in [-0.15, -0.1) is 0 Å². The zero-order valence-electron chi connectivity index (χ0n) is 14.2. The van der Waals surface area contributed by atoms with Crippen LogP contribution in [-0.2, 0) is 9.53 Å². The Labute approximate surface area is 144 Å². The Kier molecular flexibility index (Phi) is 7.44. The summed E-state index contributed by atoms with van der Waals surface area (Å²) in [6.45, 7) is 5.47. The predicted molar refractivity (Wildman–Crippen MR) is 91.5 cm³/mol. The van der Waals surface area contributed by atoms with Gasteiger partial charge in [-0.05, 0) is 26.3 Å². The number of nitrogens with one attached hydrogen (secondary N) is 1. The van der Waals surface area contributed by atoms with E-state index in [9.17, 15) is 25.0 Å². The lowest BCUT2D eigenvalue weighted by Crippen LogP contribution is -2.25. The van der Waals surface area contributed by atoms with Gasteiger partial charge in [-0.3, -0.25) is 30.4 Å². The normalized spacial score (nSPS) is 12.4. The second-order valence-corrected chi connectivity index (χ2v) is 5.17. The van der Waals surface area contributed by atoms with E-state index in [0.29, 0.717) is 12.1 Å². The third-order valence-electron chi connectivity index (χ3n) is 3.39. The highest BCUT2D eigenvalue weighted by Crippen LogP contribution is 2.29. The summed E-state index contributed by atoms with van der Waals surface area (Å²) in [5.74, 6) is -0.972. The quantitative estimate of drug-likeness (QED) is 0.311. The van der Waals surface area contributed by atoms with Crippen LogP contribution < -0.4 is 5.43 Å². The number of hydrazone groups is 1. The number of carbonyl (C=O) groups excluding carboxylic acids is 1. The molecule has 0 bridgehead atoms. The summed E-state index contributed by atoms with van der Waals surface area (Å²) in [5, 5.41) is 25.9. The molecule has 0 aliphatic rings. The minimum atomic E-state index is -0.741. The van der Waals surface area contributed by atoms with Crippen LogP contribution >= 0.6 is 0 Å². The number of esters is 1. The van der Waals surface area contributed by atoms with Gasteiger partial charge in [0.1, 0.15) is 5.69 Å². The summed E-state index contributed by atoms with van der Waals surface area (Å²) in [6, 6.07) is 3.18. The summed E-state index contributed by atoms with van der Waals surface area (Å²) in [6.07, 6.45) is 1.26. The van der Waals surface area contributed by atoms with Crippen molar-refractivity contribution in [3.63, 3.8) is 0 Å². The van der Waals surface area contributed by atoms with E-state index < -0.39 is 33.1 Å². The van der Waals surface area contributed by atoms with Crippen LogP contribution in [0.2, 0.25) is 0 Å². The fraction of sp³-hybridized carbons (Fsp3) is 0.467. The summed E-state index contributed by atoms with van der Waals surface area (Å²) in [4.78, 5) is 32.3. The molecule has 0 unspecified atom stereocenters. The fourth-order valence-corrected chi connectivity index (χ4v) is 2.13. The molecule has 136 valence electrons. The zero-order chi connectivity index (χ0) is 19.0. The highest BCUT2D eigenvalue weighted by atomic mass is 16.6. The zero-order valence-corrected chi connectivity index (χ0v) is 14.2. The van der Waals surface area contributed by atoms with Crippen molar-refractivity contribution in [2.24, 2.45) is 11.0 Å². The molecule has 0 aliphatic carbocycles. The van der Waals surface area contributed by atoms with Crippen LogP contribution in [0.5, 0.6) is 0 Å². The van der Waals surface area contributed by atoms with Crippen molar-refractivity contribution >= 4 is 28.7 Å². The molecular weight excluding hydrogens is 332 g/mol. The molecule has 0 aromatic heterocycles. The van der Waals surface area contributed by atoms with Gasteiger partial charge in [-0.25, -0.2) is 0 Å². The van der Waals surface area contributed by atoms with Gasteiger partial charge in [0.05, 0.1) is 28.4 Å². The minimum absolute atomic E-state index is 0.00550. The standard InChI is InChI=1S/C15H20N4O6/c1-4-6-12(15(20)25-5-2)10(3)16-17-13-8-7-11(18(21)22)9-14(13)19(23)24/h7-9,12,17H,4-6H2,1-3H3/b16-10-/t12-/m0/s1. The monoisotopic (exact) mass is 352 g/mol. The van der Waals surface area contributed by atoms with Crippen LogP contribution in [0.1, 0.15) is 33.6 Å². The third kappa shape index (κ3) is 5.52. The van der Waals surface area contributed by atoms with E-state index in [4.69, 9.17) is 4.74 Å². The average molecular weight is 352 g/mol. The van der Waals surface area contributed by atoms with E-state index in [0.717, 1.165) is 18.6 Å². The summed E-state index contributed by atoms with van der Waals surface area (Å²) >= 11 is 0. The largest absolute Gasteiger partial charge is 0.465 e. The number of hydrogen-bond donors (Lipinski definition) is 1. The van der Waals surface area contributed by atoms with Gasteiger partial charge in [0.2, 0.25) is 0 Å². The maximum absolute atomic E-state index is 12.0. The summed E-state index contributed by atoms with van der Waals surface area (Å²) < 4.78 is 5.00. The first-order valence-electron chi connectivity index (χ1n) is 7.71. The maximum atomic E-state index is 12.0. The Morgan fingerprint density at radius 3 is 2.48 bits per heavy atom. The van der Waals surface area contributed by atoms with Crippen molar-refractivity contribution < 1.29 is 19.4 Å². The van der Waals surface area contributed by atoms with Crippen LogP contribution in [0.3, 0.4) is 0 Å². The summed E-state index contributed by atoms with van der Waals surface area (Å²) in [5.41, 5.74) is 2.04. The van der Waals surface area contributed by atoms with Crippen molar-refractivity contribution in [3.05, 3.63) is 38.4 Å². The molecular formula is C15H20N4O6. The van der Waals surface area contributed by atoms with Crippen molar-refractivity contribution in [1.82, 2.24) is 0 Å². The lowest BCUT2D eigenvalue weighted by atomic mass is 9.99. The molecule has 1 aromatic rings. The average Bonchev–Trinajstić information content (AvgIpc) is 2.57. The molecule has 0 amide bonds. The van der Waals surface area contributed by atoms with Crippen LogP contribution in [-0.4, -0.2) is 28.1 Å². The van der Waals surface area contributed by atoms with Gasteiger partial charge in [-0.1, -0.05) is 13.3 Å². The molecule has 1 aromatic carbocycles. The highest BCUT2D eigenvalue weighted by Gasteiger charge is 2.23. The topological polar surface area (TPSA) is 137 Å². The molecule has 0 aliphatic heterocycles. The van der Waals surface area contributed by atoms with Crippen LogP contribution in [0, 0.1) is 26.1 Å². The lowest BCUT2D eigenvalue weighted by molar-refractivity contribution is -0.393. The van der Waals surface area contributed by atoms with Gasteiger partial charge in [0.15, 0.2) is 0 Å². The molecule has 1 N–H and O–H groups in total. The fourth-order valence-electron chi connectivity index (χ4n) is 2.13. The Morgan fingerprint density at radius 1 is 1.28 bits per heavy atom. The van der Waals surface area contributed by atoms with Crippen molar-refractivity contribution in [1.29, 1.82) is 0 Å². The van der Waals surface area contributed by atoms with E-state index in [2.05, 4.69) is 10.5 Å². The first kappa shape index (κ1) is 20.0. The summed E-state index contributed by atoms with van der Waals surface area (Å²) in [7, 11) is 0. The van der Waals surface area contributed by atoms with Crippen molar-refractivity contribution in [2.45, 2.75) is 33.6 Å². The minimum Gasteiger partial charge on any atom is -0.465 e. The van der Waals surface area contributed by atoms with Crippen LogP contribution in [0.4, 0.5) is 17.1 Å². The van der Waals surface area contributed by atoms with Gasteiger partial charge >= 0.3 is 11.7 Å². The Hall–Kier alpha value is -3.04. The van der Waals surface area contributed by atoms with Crippen LogP contribution in [0.25, 0.3) is 0 Å². The number of benzene rings is 1. The molecule has 0 saturated carbocycles. The lowest BCUT2D eigenvalue weighted by Gasteiger charge is -2.14. The molecule has 0 fully saturated rings. The second-order valence-electron chi connectivity index (χ2n) is 5.17. The molecule has 1 rings (SSSR count). The molecule has 0 spiro atoms. The Balaban J connectivity index is 3.07. The smallest absolute Gasteiger partial charge is 0.314 e. The Bertz CT molecular complexity index is 689. The third-order valence-corrected chi connectivity index (χ3v) is 3.39. The van der Waals surface area contributed by atoms with E-state index in [1.54, 1.807) is 13.8 Å². The number of carbonyl (C=O) groups is 1. The van der Waals surface area contributed by atoms with Crippen molar-refractivity contribution in [2.75, 3.05) is 12.0 Å². The second kappa shape index (κ2) is 9.30. The molecule has 0 saturated heterocycles. The van der Waals surface area contributed by atoms with Crippen LogP contribution in [0.15, 0.2) is 23.3 Å². The van der Waals surface area contributed by atoms with E-state index in [1.165, 1.54) is 6.07 Å². The SMILES string of the molecule is CCC[C@H](C(=O)OCC)/C(C)=N\Nc1ccc([N+](=O)[O-])cc1[N+](=O)[O-]. The van der Waals surface area contributed by atoms with Gasteiger partial charge in [0.25, 0.3) is 5.69 Å². The number of ether oxygens (including phenoxy) is 1. The number of anilines is 1. The van der Waals surface area contributed by atoms with Gasteiger partial charge in [-0.2, -0.15) is 5.10 Å². The van der Waals surface area contributed by atoms with Gasteiger partial charge < -0.3 is 4.74 Å². The van der Waals surface area contributed by atoms with Crippen molar-refractivity contribution in [3.8, 4) is 0 Å². The number of nitro benzene ring substituents is 2. The number of nitrogens with zero attached hydrogens (tertiary/aromatic N) is 3. The number of non-ortho nitro benzene ring substituents is 1. The van der Waals surface area contributed by atoms with E-state index in [-0.39, 0.29) is 12.3 Å². The first-order chi connectivity index (χ1) is 11.8.